The molecule has 32 heavy (non-hydrogen) atoms. The molecule has 0 amide bonds. The molecule has 0 unspecified atom stereocenters. The zero-order valence-corrected chi connectivity index (χ0v) is 23.0. The van der Waals surface area contributed by atoms with Gasteiger partial charge in [-0.1, -0.05) is 56.4 Å². The molecule has 0 radical (unpaired) electrons. The van der Waals surface area contributed by atoms with Gasteiger partial charge < -0.3 is 9.64 Å². The van der Waals surface area contributed by atoms with Crippen molar-refractivity contribution in [2.75, 3.05) is 49.2 Å². The monoisotopic (exact) mass is 551 g/mol. The van der Waals surface area contributed by atoms with Gasteiger partial charge in [0.25, 0.3) is 0 Å². The normalized spacial score (nSPS) is 23.1. The molecule has 2 aliphatic carbocycles. The Kier molecular flexibility index (Phi) is 8.77. The highest BCUT2D eigenvalue weighted by Gasteiger charge is 2.40. The van der Waals surface area contributed by atoms with Crippen LogP contribution in [-0.4, -0.2) is 49.2 Å². The van der Waals surface area contributed by atoms with Gasteiger partial charge in [0.15, 0.2) is 6.61 Å². The van der Waals surface area contributed by atoms with Gasteiger partial charge >= 0.3 is 0 Å². The third-order valence-electron chi connectivity index (χ3n) is 7.23. The Morgan fingerprint density at radius 3 is 2.22 bits per heavy atom. The van der Waals surface area contributed by atoms with Crippen molar-refractivity contribution in [1.82, 2.24) is 4.90 Å². The van der Waals surface area contributed by atoms with Crippen molar-refractivity contribution in [1.29, 1.82) is 5.26 Å². The highest BCUT2D eigenvalue weighted by Crippen LogP contribution is 2.53. The maximum Gasteiger partial charge on any atom is 0.174 e. The Bertz CT molecular complexity index is 773. The second-order valence-electron chi connectivity index (χ2n) is 11.5. The summed E-state index contributed by atoms with van der Waals surface area (Å²) in [6.45, 7) is 15.6. The number of nitriles is 1. The molecule has 0 N–H and O–H groups in total. The summed E-state index contributed by atoms with van der Waals surface area (Å²) in [6.07, 6.45) is 6.62. The quantitative estimate of drug-likeness (QED) is 0.299. The predicted octanol–water partition coefficient (Wildman–Crippen LogP) is 6.49. The second-order valence-corrected chi connectivity index (χ2v) is 11.5. The summed E-state index contributed by atoms with van der Waals surface area (Å²) in [5.74, 6) is 2.36. The number of ether oxygens (including phenoxy) is 1. The van der Waals surface area contributed by atoms with Crippen molar-refractivity contribution in [2.24, 2.45) is 16.7 Å². The van der Waals surface area contributed by atoms with Crippen LogP contribution >= 0.6 is 22.6 Å². The van der Waals surface area contributed by atoms with Crippen molar-refractivity contribution in [3.05, 3.63) is 23.8 Å². The molecular weight excluding hydrogens is 509 g/mol. The van der Waals surface area contributed by atoms with E-state index in [2.05, 4.69) is 84.4 Å². The molecule has 1 aromatic carbocycles. The molecule has 3 fully saturated rings. The number of hydrogen-bond donors (Lipinski definition) is 0. The molecule has 178 valence electrons. The van der Waals surface area contributed by atoms with Crippen LogP contribution in [0.15, 0.2) is 18.2 Å². The Morgan fingerprint density at radius 1 is 1.03 bits per heavy atom. The second kappa shape index (κ2) is 11.0. The zero-order chi connectivity index (χ0) is 23.4. The van der Waals surface area contributed by atoms with Gasteiger partial charge in [0.2, 0.25) is 0 Å². The number of halogens is 1. The molecule has 4 nitrogen and oxygen atoms in total. The van der Waals surface area contributed by atoms with Gasteiger partial charge in [-0.05, 0) is 71.3 Å². The minimum absolute atomic E-state index is 0.109. The van der Waals surface area contributed by atoms with Gasteiger partial charge in [0, 0.05) is 44.5 Å². The molecule has 0 atom stereocenters. The van der Waals surface area contributed by atoms with E-state index in [1.165, 1.54) is 49.9 Å². The van der Waals surface area contributed by atoms with Crippen molar-refractivity contribution in [3.63, 3.8) is 0 Å². The molecule has 1 saturated heterocycles. The van der Waals surface area contributed by atoms with Gasteiger partial charge in [0.1, 0.15) is 11.8 Å². The van der Waals surface area contributed by atoms with Gasteiger partial charge in [-0.2, -0.15) is 5.26 Å². The number of nitrogens with zero attached hydrogens (tertiary/aromatic N) is 3. The maximum atomic E-state index is 8.93. The lowest BCUT2D eigenvalue weighted by Gasteiger charge is -2.46. The summed E-state index contributed by atoms with van der Waals surface area (Å²) in [5, 5.41) is 8.93. The van der Waals surface area contributed by atoms with E-state index < -0.39 is 0 Å². The van der Waals surface area contributed by atoms with E-state index in [1.54, 1.807) is 0 Å². The number of benzene rings is 1. The van der Waals surface area contributed by atoms with Crippen LogP contribution in [0.25, 0.3) is 0 Å². The summed E-state index contributed by atoms with van der Waals surface area (Å²) in [5.41, 5.74) is 3.55. The van der Waals surface area contributed by atoms with Crippen molar-refractivity contribution >= 4 is 28.3 Å². The molecule has 0 aromatic heterocycles. The molecule has 3 aliphatic rings. The van der Waals surface area contributed by atoms with Crippen LogP contribution in [-0.2, 0) is 0 Å². The van der Waals surface area contributed by atoms with E-state index in [0.717, 1.165) is 37.8 Å². The first kappa shape index (κ1) is 25.6. The first-order chi connectivity index (χ1) is 15.2. The lowest BCUT2D eigenvalue weighted by Crippen LogP contribution is -2.47. The number of anilines is 1. The summed E-state index contributed by atoms with van der Waals surface area (Å²) >= 11 is 2.15. The van der Waals surface area contributed by atoms with E-state index >= 15 is 0 Å². The van der Waals surface area contributed by atoms with Crippen LogP contribution in [0, 0.1) is 28.1 Å². The Hall–Kier alpha value is -1.000. The van der Waals surface area contributed by atoms with Gasteiger partial charge in [-0.25, -0.2) is 0 Å². The first-order valence-electron chi connectivity index (χ1n) is 12.2. The van der Waals surface area contributed by atoms with Crippen LogP contribution < -0.4 is 9.64 Å². The third-order valence-corrected chi connectivity index (χ3v) is 7.23. The maximum absolute atomic E-state index is 8.93. The highest BCUT2D eigenvalue weighted by molar-refractivity contribution is 14.1. The van der Waals surface area contributed by atoms with Crippen LogP contribution in [0.3, 0.4) is 0 Å². The van der Waals surface area contributed by atoms with Crippen molar-refractivity contribution < 1.29 is 4.74 Å². The molecular formula is C27H42IN3O. The highest BCUT2D eigenvalue weighted by atomic mass is 127. The van der Waals surface area contributed by atoms with E-state index in [0.29, 0.717) is 16.7 Å². The first-order valence-corrected chi connectivity index (χ1v) is 14.4. The minimum Gasteiger partial charge on any atom is -0.479 e. The lowest BCUT2D eigenvalue weighted by molar-refractivity contribution is 0.0969. The standard InChI is InChI=1S/C26H39N3O.CH3I/c1-25(2)16-21(17-26(3,4)19-25)23-8-7-22(30-14-9-27)15-24(23)29-12-10-28(11-13-29)18-20-5-6-20;1-2/h7-8,15,20-21H,5-6,10-14,16-19H2,1-4H3;1H3. The average Bonchev–Trinajstić information content (AvgIpc) is 3.56. The summed E-state index contributed by atoms with van der Waals surface area (Å²) in [4.78, 5) is 7.20. The SMILES string of the molecule is CC1(C)CC(c2ccc(OCC#N)cc2N2CCN(CC3CC3)CC2)CC(C)(C)C1.CI. The summed E-state index contributed by atoms with van der Waals surface area (Å²) in [6, 6.07) is 8.68. The number of piperazine rings is 1. The molecule has 1 heterocycles. The fraction of sp³-hybridized carbons (Fsp3) is 0.741. The van der Waals surface area contributed by atoms with Gasteiger partial charge in [-0.3, -0.25) is 4.90 Å². The van der Waals surface area contributed by atoms with Crippen LogP contribution in [0.2, 0.25) is 0 Å². The van der Waals surface area contributed by atoms with Gasteiger partial charge in [0.05, 0.1) is 0 Å². The van der Waals surface area contributed by atoms with E-state index in [9.17, 15) is 0 Å². The van der Waals surface area contributed by atoms with Crippen LogP contribution in [0.4, 0.5) is 5.69 Å². The molecule has 1 aliphatic heterocycles. The zero-order valence-electron chi connectivity index (χ0n) is 20.8. The third kappa shape index (κ3) is 7.00. The van der Waals surface area contributed by atoms with Crippen LogP contribution in [0.5, 0.6) is 5.75 Å². The average molecular weight is 552 g/mol. The van der Waals surface area contributed by atoms with E-state index in [-0.39, 0.29) is 6.61 Å². The van der Waals surface area contributed by atoms with E-state index in [1.807, 2.05) is 4.93 Å². The molecule has 5 heteroatoms. The summed E-state index contributed by atoms with van der Waals surface area (Å²) < 4.78 is 5.69. The molecule has 4 rings (SSSR count). The van der Waals surface area contributed by atoms with Gasteiger partial charge in [-0.15, -0.1) is 0 Å². The van der Waals surface area contributed by atoms with Crippen LogP contribution in [0.1, 0.15) is 71.3 Å². The summed E-state index contributed by atoms with van der Waals surface area (Å²) in [7, 11) is 0. The predicted molar refractivity (Wildman–Crippen MR) is 143 cm³/mol. The fourth-order valence-corrected chi connectivity index (χ4v) is 6.25. The molecule has 0 spiro atoms. The minimum atomic E-state index is 0.109. The molecule has 0 bridgehead atoms. The molecule has 2 saturated carbocycles. The number of rotatable bonds is 6. The van der Waals surface area contributed by atoms with E-state index in [4.69, 9.17) is 10.00 Å². The largest absolute Gasteiger partial charge is 0.479 e. The Morgan fingerprint density at radius 2 is 1.66 bits per heavy atom. The Balaban J connectivity index is 0.00000141. The van der Waals surface area contributed by atoms with Crippen molar-refractivity contribution in [2.45, 2.75) is 65.7 Å². The van der Waals surface area contributed by atoms with Crippen molar-refractivity contribution in [3.8, 4) is 11.8 Å². The topological polar surface area (TPSA) is 39.5 Å². The lowest BCUT2D eigenvalue weighted by atomic mass is 9.60. The molecule has 1 aromatic rings. The smallest absolute Gasteiger partial charge is 0.174 e. The Labute approximate surface area is 209 Å². The number of alkyl halides is 1. The fourth-order valence-electron chi connectivity index (χ4n) is 6.25. The number of hydrogen-bond acceptors (Lipinski definition) is 4.